The average Bonchev–Trinajstić information content (AvgIpc) is 3.15. The number of carbonyl (C=O) groups excluding carboxylic acids is 3. The number of anilines is 1. The molecule has 0 saturated carbocycles. The number of benzene rings is 2. The van der Waals surface area contributed by atoms with Crippen LogP contribution in [0, 0.1) is 35.2 Å². The van der Waals surface area contributed by atoms with Crippen molar-refractivity contribution < 1.29 is 27.6 Å². The van der Waals surface area contributed by atoms with Crippen LogP contribution in [0.4, 0.5) is 18.9 Å². The van der Waals surface area contributed by atoms with E-state index in [1.54, 1.807) is 4.90 Å². The second kappa shape index (κ2) is 23.7. The van der Waals surface area contributed by atoms with Crippen LogP contribution in [0.5, 0.6) is 0 Å². The number of nitrogens with one attached hydrogen (secondary N) is 1. The Morgan fingerprint density at radius 2 is 1.51 bits per heavy atom. The normalized spacial score (nSPS) is 17.0. The van der Waals surface area contributed by atoms with E-state index in [0.717, 1.165) is 69.4 Å². The highest BCUT2D eigenvalue weighted by Gasteiger charge is 2.30. The first-order valence-electron chi connectivity index (χ1n) is 18.2. The van der Waals surface area contributed by atoms with Crippen LogP contribution >= 0.6 is 0 Å². The summed E-state index contributed by atoms with van der Waals surface area (Å²) < 4.78 is 40.1. The minimum Gasteiger partial charge on any atom is -0.388 e. The molecule has 2 aliphatic heterocycles. The fourth-order valence-electron chi connectivity index (χ4n) is 6.70. The second-order valence-electron chi connectivity index (χ2n) is 13.1. The molecule has 10 heteroatoms. The van der Waals surface area contributed by atoms with Gasteiger partial charge in [0.2, 0.25) is 5.91 Å². The largest absolute Gasteiger partial charge is 0.388 e. The summed E-state index contributed by atoms with van der Waals surface area (Å²) in [6.45, 7) is 20.6. The number of nitrogens with zero attached hydrogens (tertiary/aromatic N) is 2. The first-order valence-corrected chi connectivity index (χ1v) is 18.2. The molecule has 284 valence electrons. The van der Waals surface area contributed by atoms with Gasteiger partial charge in [0.25, 0.3) is 0 Å². The lowest BCUT2D eigenvalue weighted by atomic mass is 9.78. The third-order valence-electron chi connectivity index (χ3n) is 9.83. The summed E-state index contributed by atoms with van der Waals surface area (Å²) in [7, 11) is 1.98. The molecule has 0 aliphatic carbocycles. The topological polar surface area (TPSA) is 95.7 Å². The summed E-state index contributed by atoms with van der Waals surface area (Å²) in [4.78, 5) is 33.7. The number of allylic oxidation sites excluding steroid dienone is 2. The van der Waals surface area contributed by atoms with E-state index in [9.17, 15) is 18.0 Å². The van der Waals surface area contributed by atoms with Gasteiger partial charge in [-0.1, -0.05) is 46.8 Å². The van der Waals surface area contributed by atoms with Gasteiger partial charge in [-0.15, -0.1) is 0 Å². The monoisotopic (exact) mass is 714 g/mol. The van der Waals surface area contributed by atoms with Crippen LogP contribution in [-0.2, 0) is 14.4 Å². The molecule has 1 amide bonds. The van der Waals surface area contributed by atoms with Gasteiger partial charge in [-0.05, 0) is 129 Å². The Hall–Kier alpha value is -3.76. The van der Waals surface area contributed by atoms with Crippen LogP contribution in [0.2, 0.25) is 0 Å². The molecule has 0 aromatic heterocycles. The van der Waals surface area contributed by atoms with Gasteiger partial charge in [0.1, 0.15) is 13.1 Å². The molecule has 3 N–H and O–H groups in total. The third kappa shape index (κ3) is 13.4. The van der Waals surface area contributed by atoms with Crippen LogP contribution in [0.25, 0.3) is 11.6 Å². The molecule has 4 rings (SSSR count). The highest BCUT2D eigenvalue weighted by Crippen LogP contribution is 2.39. The minimum absolute atomic E-state index is 0.0384. The zero-order valence-electron chi connectivity index (χ0n) is 32.0. The quantitative estimate of drug-likeness (QED) is 0.146. The number of rotatable bonds is 10. The van der Waals surface area contributed by atoms with Crippen molar-refractivity contribution in [1.82, 2.24) is 9.80 Å². The first kappa shape index (κ1) is 45.3. The predicted octanol–water partition coefficient (Wildman–Crippen LogP) is 8.35. The predicted molar refractivity (Wildman–Crippen MR) is 205 cm³/mol. The van der Waals surface area contributed by atoms with E-state index >= 15 is 0 Å². The summed E-state index contributed by atoms with van der Waals surface area (Å²) in [6.07, 6.45) is 9.52. The van der Waals surface area contributed by atoms with Crippen molar-refractivity contribution in [2.75, 3.05) is 45.1 Å². The van der Waals surface area contributed by atoms with Gasteiger partial charge >= 0.3 is 0 Å². The lowest BCUT2D eigenvalue weighted by Crippen LogP contribution is -2.49. The molecule has 2 heterocycles. The van der Waals surface area contributed by atoms with Crippen molar-refractivity contribution >= 4 is 36.3 Å². The minimum atomic E-state index is -1.51. The van der Waals surface area contributed by atoms with E-state index in [2.05, 4.69) is 62.2 Å². The molecule has 2 saturated heterocycles. The Kier molecular flexibility index (Phi) is 21.0. The van der Waals surface area contributed by atoms with Gasteiger partial charge in [0, 0.05) is 44.5 Å². The lowest BCUT2D eigenvalue weighted by molar-refractivity contribution is -0.127. The number of piperidine rings is 2. The van der Waals surface area contributed by atoms with E-state index in [0.29, 0.717) is 36.8 Å². The maximum absolute atomic E-state index is 13.5. The maximum atomic E-state index is 13.5. The van der Waals surface area contributed by atoms with Gasteiger partial charge in [-0.2, -0.15) is 0 Å². The van der Waals surface area contributed by atoms with Gasteiger partial charge in [-0.25, -0.2) is 13.2 Å². The number of nitrogens with two attached hydrogens (primary N) is 1. The average molecular weight is 715 g/mol. The lowest BCUT2D eigenvalue weighted by Gasteiger charge is -2.39. The van der Waals surface area contributed by atoms with Crippen molar-refractivity contribution in [2.45, 2.75) is 86.1 Å². The number of halogens is 3. The van der Waals surface area contributed by atoms with Gasteiger partial charge in [0.05, 0.1) is 0 Å². The standard InChI is InChI=1S/C36H49F3N4O.C2H4O.C2H6.CH2O/c1-6-29(31-21-28(41-5)8-9-30(31)24(4)23(2)3)26-11-15-42(16-12-26)22-34(40)27-13-17-43(18-14-27)35(44)10-7-25-19-32(37)36(39)33(38)20-25;1-2-3;2*1-2/h6-10,19-21,23-24,26-27,34,41H,11-18,22,40H2,1-5H3;2H,1H3;1-2H3;1H2/b10-7+,29-6-;;;. The Balaban J connectivity index is 0.00000173. The smallest absolute Gasteiger partial charge is 0.246 e. The van der Waals surface area contributed by atoms with Crippen molar-refractivity contribution in [3.8, 4) is 0 Å². The zero-order chi connectivity index (χ0) is 38.7. The Morgan fingerprint density at radius 1 is 0.961 bits per heavy atom. The Morgan fingerprint density at radius 3 is 2.00 bits per heavy atom. The molecule has 0 spiro atoms. The zero-order valence-corrected chi connectivity index (χ0v) is 32.0. The highest BCUT2D eigenvalue weighted by atomic mass is 19.2. The van der Waals surface area contributed by atoms with Crippen molar-refractivity contribution in [1.29, 1.82) is 0 Å². The van der Waals surface area contributed by atoms with Crippen LogP contribution in [0.15, 0.2) is 42.5 Å². The number of hydrogen-bond donors (Lipinski definition) is 2. The molecule has 2 atom stereocenters. The molecule has 0 radical (unpaired) electrons. The Labute approximate surface area is 304 Å². The van der Waals surface area contributed by atoms with E-state index in [4.69, 9.17) is 15.3 Å². The summed E-state index contributed by atoms with van der Waals surface area (Å²) >= 11 is 0. The second-order valence-corrected chi connectivity index (χ2v) is 13.1. The molecule has 2 unspecified atom stereocenters. The van der Waals surface area contributed by atoms with Crippen molar-refractivity contribution in [2.24, 2.45) is 23.5 Å². The van der Waals surface area contributed by atoms with Crippen molar-refractivity contribution in [3.05, 3.63) is 76.6 Å². The van der Waals surface area contributed by atoms with Crippen LogP contribution in [0.3, 0.4) is 0 Å². The van der Waals surface area contributed by atoms with Crippen molar-refractivity contribution in [3.63, 3.8) is 0 Å². The number of likely N-dealkylation sites (tertiary alicyclic amines) is 2. The Bertz CT molecular complexity index is 1390. The fourth-order valence-corrected chi connectivity index (χ4v) is 6.70. The van der Waals surface area contributed by atoms with Crippen LogP contribution in [0.1, 0.15) is 96.8 Å². The summed E-state index contributed by atoms with van der Waals surface area (Å²) in [5.74, 6) is -2.40. The molecule has 2 fully saturated rings. The number of amides is 1. The number of carbonyl (C=O) groups is 3. The first-order chi connectivity index (χ1) is 24.4. The summed E-state index contributed by atoms with van der Waals surface area (Å²) in [6, 6.07) is 8.60. The number of hydrogen-bond acceptors (Lipinski definition) is 6. The SMILES string of the molecule is C/C=C(\c1cc(NC)ccc1C(C)C(C)C)C1CCN(CC(N)C2CCN(C(=O)/C=C/c3cc(F)c(F)c(F)c3)CC2)CC1.C=O.CC.CC=O. The summed E-state index contributed by atoms with van der Waals surface area (Å²) in [5.41, 5.74) is 12.2. The van der Waals surface area contributed by atoms with E-state index in [1.165, 1.54) is 35.8 Å². The molecular formula is C41H61F3N4O3. The molecule has 2 aromatic carbocycles. The van der Waals surface area contributed by atoms with E-state index in [1.807, 2.05) is 27.7 Å². The third-order valence-corrected chi connectivity index (χ3v) is 9.83. The van der Waals surface area contributed by atoms with Crippen LogP contribution in [-0.4, -0.2) is 74.6 Å². The fraction of sp³-hybridized carbons (Fsp3) is 0.537. The van der Waals surface area contributed by atoms with E-state index < -0.39 is 17.5 Å². The maximum Gasteiger partial charge on any atom is 0.246 e. The van der Waals surface area contributed by atoms with E-state index in [-0.39, 0.29) is 17.5 Å². The van der Waals surface area contributed by atoms with Gasteiger partial charge < -0.3 is 30.4 Å². The molecule has 2 aromatic rings. The molecule has 0 bridgehead atoms. The van der Waals surface area contributed by atoms with Gasteiger partial charge in [0.15, 0.2) is 17.5 Å². The molecule has 7 nitrogen and oxygen atoms in total. The molecule has 51 heavy (non-hydrogen) atoms. The number of aldehydes is 1. The molecule has 2 aliphatic rings. The molecular weight excluding hydrogens is 653 g/mol. The highest BCUT2D eigenvalue weighted by molar-refractivity contribution is 5.91. The van der Waals surface area contributed by atoms with Gasteiger partial charge in [-0.3, -0.25) is 4.79 Å². The summed E-state index contributed by atoms with van der Waals surface area (Å²) in [5, 5.41) is 3.32. The van der Waals surface area contributed by atoms with Crippen LogP contribution < -0.4 is 11.1 Å².